The fraction of sp³-hybridized carbons (Fsp3) is 0.364. The third kappa shape index (κ3) is 3.47. The van der Waals surface area contributed by atoms with Gasteiger partial charge in [0.15, 0.2) is 0 Å². The van der Waals surface area contributed by atoms with Crippen molar-refractivity contribution in [1.29, 1.82) is 0 Å². The SMILES string of the molecule is CSc1ccc(CSc2nnnn2CCN)cc1. The lowest BCUT2D eigenvalue weighted by molar-refractivity contribution is 0.557. The van der Waals surface area contributed by atoms with Gasteiger partial charge in [0.05, 0.1) is 6.54 Å². The molecule has 2 rings (SSSR count). The van der Waals surface area contributed by atoms with Crippen LogP contribution in [0.15, 0.2) is 34.3 Å². The third-order valence-electron chi connectivity index (χ3n) is 2.37. The number of aromatic nitrogens is 4. The highest BCUT2D eigenvalue weighted by atomic mass is 32.2. The van der Waals surface area contributed by atoms with Gasteiger partial charge in [-0.2, -0.15) is 0 Å². The van der Waals surface area contributed by atoms with Crippen LogP contribution in [0.2, 0.25) is 0 Å². The maximum atomic E-state index is 5.50. The van der Waals surface area contributed by atoms with Crippen LogP contribution in [0, 0.1) is 0 Å². The zero-order valence-corrected chi connectivity index (χ0v) is 11.7. The van der Waals surface area contributed by atoms with Crippen molar-refractivity contribution in [3.63, 3.8) is 0 Å². The van der Waals surface area contributed by atoms with Crippen LogP contribution in [0.3, 0.4) is 0 Å². The van der Waals surface area contributed by atoms with Gasteiger partial charge in [0.2, 0.25) is 5.16 Å². The van der Waals surface area contributed by atoms with Crippen molar-refractivity contribution in [2.75, 3.05) is 12.8 Å². The van der Waals surface area contributed by atoms with Gasteiger partial charge in [-0.3, -0.25) is 0 Å². The van der Waals surface area contributed by atoms with Gasteiger partial charge < -0.3 is 5.73 Å². The van der Waals surface area contributed by atoms with Crippen molar-refractivity contribution in [2.45, 2.75) is 22.3 Å². The normalized spacial score (nSPS) is 10.8. The van der Waals surface area contributed by atoms with E-state index in [0.717, 1.165) is 10.9 Å². The van der Waals surface area contributed by atoms with Crippen molar-refractivity contribution < 1.29 is 0 Å². The van der Waals surface area contributed by atoms with Gasteiger partial charge in [0.1, 0.15) is 0 Å². The van der Waals surface area contributed by atoms with Gasteiger partial charge in [-0.25, -0.2) is 4.68 Å². The summed E-state index contributed by atoms with van der Waals surface area (Å²) < 4.78 is 1.74. The van der Waals surface area contributed by atoms with Crippen LogP contribution in [-0.2, 0) is 12.3 Å². The molecule has 0 aliphatic rings. The fourth-order valence-corrected chi connectivity index (χ4v) is 2.70. The quantitative estimate of drug-likeness (QED) is 0.812. The Bertz CT molecular complexity index is 482. The zero-order chi connectivity index (χ0) is 12.8. The molecule has 96 valence electrons. The Balaban J connectivity index is 1.95. The molecule has 0 aliphatic carbocycles. The lowest BCUT2D eigenvalue weighted by Gasteiger charge is -2.03. The molecule has 2 aromatic rings. The molecule has 0 saturated carbocycles. The molecule has 0 spiro atoms. The molecule has 0 amide bonds. The first-order valence-electron chi connectivity index (χ1n) is 5.55. The minimum atomic E-state index is 0.543. The molecule has 7 heteroatoms. The smallest absolute Gasteiger partial charge is 0.209 e. The van der Waals surface area contributed by atoms with Gasteiger partial charge in [-0.1, -0.05) is 23.9 Å². The van der Waals surface area contributed by atoms with Crippen LogP contribution < -0.4 is 5.73 Å². The second-order valence-electron chi connectivity index (χ2n) is 3.61. The fourth-order valence-electron chi connectivity index (χ4n) is 1.43. The summed E-state index contributed by atoms with van der Waals surface area (Å²) in [5.41, 5.74) is 6.76. The Morgan fingerprint density at radius 3 is 2.72 bits per heavy atom. The molecule has 0 unspecified atom stereocenters. The van der Waals surface area contributed by atoms with Crippen molar-refractivity contribution >= 4 is 23.5 Å². The van der Waals surface area contributed by atoms with E-state index in [9.17, 15) is 0 Å². The minimum Gasteiger partial charge on any atom is -0.329 e. The van der Waals surface area contributed by atoms with Crippen molar-refractivity contribution in [2.24, 2.45) is 5.73 Å². The molecule has 1 aromatic carbocycles. The maximum Gasteiger partial charge on any atom is 0.209 e. The largest absolute Gasteiger partial charge is 0.329 e. The highest BCUT2D eigenvalue weighted by Crippen LogP contribution is 2.21. The van der Waals surface area contributed by atoms with Crippen molar-refractivity contribution in [1.82, 2.24) is 20.2 Å². The first kappa shape index (κ1) is 13.4. The second-order valence-corrected chi connectivity index (χ2v) is 5.43. The zero-order valence-electron chi connectivity index (χ0n) is 10.1. The first-order valence-corrected chi connectivity index (χ1v) is 7.76. The number of nitrogens with zero attached hydrogens (tertiary/aromatic N) is 4. The van der Waals surface area contributed by atoms with Crippen LogP contribution in [0.5, 0.6) is 0 Å². The Morgan fingerprint density at radius 2 is 2.06 bits per heavy atom. The number of hydrogen-bond acceptors (Lipinski definition) is 6. The van der Waals surface area contributed by atoms with Crippen LogP contribution >= 0.6 is 23.5 Å². The predicted octanol–water partition coefficient (Wildman–Crippen LogP) is 1.65. The van der Waals surface area contributed by atoms with E-state index in [0.29, 0.717) is 13.1 Å². The molecule has 18 heavy (non-hydrogen) atoms. The molecule has 0 fully saturated rings. The van der Waals surface area contributed by atoms with E-state index in [-0.39, 0.29) is 0 Å². The highest BCUT2D eigenvalue weighted by Gasteiger charge is 2.06. The van der Waals surface area contributed by atoms with E-state index in [1.165, 1.54) is 10.5 Å². The molecular weight excluding hydrogens is 266 g/mol. The van der Waals surface area contributed by atoms with Gasteiger partial charge in [0, 0.05) is 17.2 Å². The molecule has 1 aromatic heterocycles. The van der Waals surface area contributed by atoms with E-state index in [1.54, 1.807) is 28.2 Å². The number of benzene rings is 1. The molecule has 0 atom stereocenters. The number of hydrogen-bond donors (Lipinski definition) is 1. The summed E-state index contributed by atoms with van der Waals surface area (Å²) in [7, 11) is 0. The predicted molar refractivity (Wildman–Crippen MR) is 74.7 cm³/mol. The third-order valence-corrected chi connectivity index (χ3v) is 4.14. The molecule has 0 aliphatic heterocycles. The van der Waals surface area contributed by atoms with Crippen LogP contribution in [-0.4, -0.2) is 33.0 Å². The number of thioether (sulfide) groups is 2. The standard InChI is InChI=1S/C11H15N5S2/c1-17-10-4-2-9(3-5-10)8-18-11-13-14-15-16(11)7-6-12/h2-5H,6-8,12H2,1H3. The van der Waals surface area contributed by atoms with E-state index >= 15 is 0 Å². The van der Waals surface area contributed by atoms with Crippen molar-refractivity contribution in [3.8, 4) is 0 Å². The van der Waals surface area contributed by atoms with E-state index < -0.39 is 0 Å². The summed E-state index contributed by atoms with van der Waals surface area (Å²) in [6, 6.07) is 8.53. The monoisotopic (exact) mass is 281 g/mol. The summed E-state index contributed by atoms with van der Waals surface area (Å²) in [6.45, 7) is 1.20. The lowest BCUT2D eigenvalue weighted by Crippen LogP contribution is -2.12. The summed E-state index contributed by atoms with van der Waals surface area (Å²) in [6.07, 6.45) is 2.07. The molecular formula is C11H15N5S2. The second kappa shape index (κ2) is 6.77. The number of nitrogens with two attached hydrogens (primary N) is 1. The maximum absolute atomic E-state index is 5.50. The van der Waals surface area contributed by atoms with Gasteiger partial charge in [-0.15, -0.1) is 16.9 Å². The topological polar surface area (TPSA) is 69.6 Å². The molecule has 0 bridgehead atoms. The lowest BCUT2D eigenvalue weighted by atomic mass is 10.2. The average molecular weight is 281 g/mol. The van der Waals surface area contributed by atoms with Gasteiger partial charge >= 0.3 is 0 Å². The molecule has 0 saturated heterocycles. The number of tetrazole rings is 1. The summed E-state index contributed by atoms with van der Waals surface area (Å²) >= 11 is 3.37. The van der Waals surface area contributed by atoms with Gasteiger partial charge in [-0.05, 0) is 34.4 Å². The highest BCUT2D eigenvalue weighted by molar-refractivity contribution is 7.98. The summed E-state index contributed by atoms with van der Waals surface area (Å²) in [4.78, 5) is 1.27. The Hall–Kier alpha value is -1.05. The minimum absolute atomic E-state index is 0.543. The average Bonchev–Trinajstić information content (AvgIpc) is 2.85. The Kier molecular flexibility index (Phi) is 5.03. The van der Waals surface area contributed by atoms with Gasteiger partial charge in [0.25, 0.3) is 0 Å². The van der Waals surface area contributed by atoms with E-state index in [4.69, 9.17) is 5.73 Å². The van der Waals surface area contributed by atoms with E-state index in [2.05, 4.69) is 46.0 Å². The first-order chi connectivity index (χ1) is 8.83. The Morgan fingerprint density at radius 1 is 1.28 bits per heavy atom. The van der Waals surface area contributed by atoms with Crippen LogP contribution in [0.1, 0.15) is 5.56 Å². The van der Waals surface area contributed by atoms with Crippen LogP contribution in [0.4, 0.5) is 0 Å². The number of rotatable bonds is 6. The molecule has 5 nitrogen and oxygen atoms in total. The molecule has 0 radical (unpaired) electrons. The molecule has 1 heterocycles. The van der Waals surface area contributed by atoms with Crippen molar-refractivity contribution in [3.05, 3.63) is 29.8 Å². The summed E-state index contributed by atoms with van der Waals surface area (Å²) in [5.74, 6) is 0.861. The summed E-state index contributed by atoms with van der Waals surface area (Å²) in [5, 5.41) is 12.4. The molecule has 2 N–H and O–H groups in total. The Labute approximate surface area is 115 Å². The van der Waals surface area contributed by atoms with Crippen LogP contribution in [0.25, 0.3) is 0 Å². The van der Waals surface area contributed by atoms with E-state index in [1.807, 2.05) is 0 Å².